The highest BCUT2D eigenvalue weighted by Gasteiger charge is 2.50. The smallest absolute Gasteiger partial charge is 0.106 e. The molecule has 0 aromatic carbocycles. The molecule has 1 saturated heterocycles. The van der Waals surface area contributed by atoms with Gasteiger partial charge in [0.25, 0.3) is 0 Å². The highest BCUT2D eigenvalue weighted by Crippen LogP contribution is 2.40. The van der Waals surface area contributed by atoms with Gasteiger partial charge in [-0.25, -0.2) is 0 Å². The van der Waals surface area contributed by atoms with Crippen molar-refractivity contribution in [3.8, 4) is 0 Å². The number of aliphatic hydroxyl groups is 1. The largest absolute Gasteiger partial charge is 0.388 e. The van der Waals surface area contributed by atoms with Crippen molar-refractivity contribution in [2.24, 2.45) is 0 Å². The second kappa shape index (κ2) is 2.06. The van der Waals surface area contributed by atoms with E-state index in [1.165, 1.54) is 0 Å². The molecule has 3 heteroatoms. The number of ether oxygens (including phenoxy) is 1. The van der Waals surface area contributed by atoms with Gasteiger partial charge < -0.3 is 9.84 Å². The van der Waals surface area contributed by atoms with E-state index in [1.807, 2.05) is 13.0 Å². The number of epoxide rings is 1. The van der Waals surface area contributed by atoms with E-state index in [0.717, 1.165) is 5.57 Å². The van der Waals surface area contributed by atoms with E-state index in [1.54, 1.807) is 0 Å². The van der Waals surface area contributed by atoms with E-state index in [-0.39, 0.29) is 23.1 Å². The normalized spacial score (nSPS) is 51.7. The minimum atomic E-state index is -0.372. The fourth-order valence-corrected chi connectivity index (χ4v) is 1.94. The summed E-state index contributed by atoms with van der Waals surface area (Å²) in [4.78, 5) is 0.0983. The summed E-state index contributed by atoms with van der Waals surface area (Å²) in [6.45, 7) is 1.99. The van der Waals surface area contributed by atoms with Gasteiger partial charge in [-0.15, -0.1) is 0 Å². The lowest BCUT2D eigenvalue weighted by Gasteiger charge is -2.16. The van der Waals surface area contributed by atoms with Gasteiger partial charge in [-0.05, 0) is 12.5 Å². The van der Waals surface area contributed by atoms with E-state index >= 15 is 0 Å². The van der Waals surface area contributed by atoms with Crippen LogP contribution in [0, 0.1) is 0 Å². The first kappa shape index (κ1) is 6.83. The Bertz CT molecular complexity index is 190. The van der Waals surface area contributed by atoms with E-state index in [2.05, 4.69) is 15.9 Å². The van der Waals surface area contributed by atoms with Gasteiger partial charge in [-0.1, -0.05) is 22.0 Å². The van der Waals surface area contributed by atoms with E-state index in [9.17, 15) is 5.11 Å². The first-order chi connectivity index (χ1) is 4.70. The monoisotopic (exact) mass is 204 g/mol. The molecule has 1 heterocycles. The van der Waals surface area contributed by atoms with Gasteiger partial charge in [0.1, 0.15) is 12.2 Å². The van der Waals surface area contributed by atoms with E-state index < -0.39 is 0 Å². The van der Waals surface area contributed by atoms with Crippen LogP contribution in [0.3, 0.4) is 0 Å². The summed E-state index contributed by atoms with van der Waals surface area (Å²) in [6, 6.07) is 0. The summed E-state index contributed by atoms with van der Waals surface area (Å²) in [6.07, 6.45) is 1.99. The summed E-state index contributed by atoms with van der Waals surface area (Å²) in [5.74, 6) is 0. The Balaban J connectivity index is 2.22. The average molecular weight is 205 g/mol. The van der Waals surface area contributed by atoms with E-state index in [4.69, 9.17) is 4.74 Å². The third kappa shape index (κ3) is 0.847. The molecule has 0 spiro atoms. The van der Waals surface area contributed by atoms with Gasteiger partial charge in [0.15, 0.2) is 0 Å². The van der Waals surface area contributed by atoms with Gasteiger partial charge in [0, 0.05) is 0 Å². The van der Waals surface area contributed by atoms with Crippen LogP contribution in [-0.2, 0) is 4.74 Å². The Morgan fingerprint density at radius 3 is 3.10 bits per heavy atom. The van der Waals surface area contributed by atoms with Crippen LogP contribution in [0.5, 0.6) is 0 Å². The molecule has 0 unspecified atom stereocenters. The standard InChI is InChI=1S/C7H9BrO2/c1-3-2-4(9)5(8)7-6(3)10-7/h2,4-7,9H,1H3/t4-,5+,6-,7+/m0/s1. The maximum Gasteiger partial charge on any atom is 0.106 e. The first-order valence-electron chi connectivity index (χ1n) is 3.36. The molecule has 2 nitrogen and oxygen atoms in total. The highest BCUT2D eigenvalue weighted by molar-refractivity contribution is 9.09. The molecule has 1 aliphatic heterocycles. The number of hydrogen-bond donors (Lipinski definition) is 1. The third-order valence-corrected chi connectivity index (χ3v) is 3.11. The van der Waals surface area contributed by atoms with Crippen LogP contribution in [0.1, 0.15) is 6.92 Å². The zero-order chi connectivity index (χ0) is 7.30. The second-order valence-corrected chi connectivity index (χ2v) is 3.92. The second-order valence-electron chi connectivity index (χ2n) is 2.87. The van der Waals surface area contributed by atoms with Crippen LogP contribution in [0.15, 0.2) is 11.6 Å². The van der Waals surface area contributed by atoms with Crippen molar-refractivity contribution in [3.05, 3.63) is 11.6 Å². The van der Waals surface area contributed by atoms with Crippen molar-refractivity contribution in [2.75, 3.05) is 0 Å². The Morgan fingerprint density at radius 2 is 2.40 bits per heavy atom. The van der Waals surface area contributed by atoms with Crippen LogP contribution in [0.25, 0.3) is 0 Å². The molecule has 10 heavy (non-hydrogen) atoms. The Labute approximate surface area is 68.0 Å². The van der Waals surface area contributed by atoms with Gasteiger partial charge in [0.2, 0.25) is 0 Å². The molecule has 1 fully saturated rings. The molecule has 56 valence electrons. The Hall–Kier alpha value is 0.140. The molecule has 2 rings (SSSR count). The molecule has 0 saturated carbocycles. The van der Waals surface area contributed by atoms with Crippen LogP contribution < -0.4 is 0 Å². The van der Waals surface area contributed by atoms with Crippen LogP contribution in [0.2, 0.25) is 0 Å². The first-order valence-corrected chi connectivity index (χ1v) is 4.27. The third-order valence-electron chi connectivity index (χ3n) is 2.05. The Morgan fingerprint density at radius 1 is 1.70 bits per heavy atom. The summed E-state index contributed by atoms with van der Waals surface area (Å²) < 4.78 is 5.30. The summed E-state index contributed by atoms with van der Waals surface area (Å²) in [5.41, 5.74) is 1.16. The lowest BCUT2D eigenvalue weighted by molar-refractivity contribution is 0.206. The van der Waals surface area contributed by atoms with E-state index in [0.29, 0.717) is 0 Å². The van der Waals surface area contributed by atoms with Crippen molar-refractivity contribution in [1.29, 1.82) is 0 Å². The SMILES string of the molecule is CC1=C[C@H](O)[C@@H](Br)[C@H]2O[C@@H]12. The lowest BCUT2D eigenvalue weighted by atomic mass is 9.99. The van der Waals surface area contributed by atoms with Crippen LogP contribution in [-0.4, -0.2) is 28.2 Å². The lowest BCUT2D eigenvalue weighted by Crippen LogP contribution is -2.29. The molecule has 0 aromatic rings. The van der Waals surface area contributed by atoms with Crippen molar-refractivity contribution in [1.82, 2.24) is 0 Å². The zero-order valence-electron chi connectivity index (χ0n) is 5.62. The Kier molecular flexibility index (Phi) is 1.41. The topological polar surface area (TPSA) is 32.8 Å². The van der Waals surface area contributed by atoms with Crippen molar-refractivity contribution in [2.45, 2.75) is 30.1 Å². The van der Waals surface area contributed by atoms with Crippen LogP contribution in [0.4, 0.5) is 0 Å². The molecule has 0 amide bonds. The number of aliphatic hydroxyl groups excluding tert-OH is 1. The molecule has 2 aliphatic rings. The predicted molar refractivity (Wildman–Crippen MR) is 41.1 cm³/mol. The number of halogens is 1. The summed E-state index contributed by atoms with van der Waals surface area (Å²) >= 11 is 3.37. The van der Waals surface area contributed by atoms with Crippen molar-refractivity contribution in [3.63, 3.8) is 0 Å². The molecular weight excluding hydrogens is 196 g/mol. The maximum atomic E-state index is 9.34. The minimum Gasteiger partial charge on any atom is -0.388 e. The number of fused-ring (bicyclic) bond motifs is 1. The van der Waals surface area contributed by atoms with Gasteiger partial charge >= 0.3 is 0 Å². The highest BCUT2D eigenvalue weighted by atomic mass is 79.9. The summed E-state index contributed by atoms with van der Waals surface area (Å²) in [5, 5.41) is 9.34. The molecule has 1 aliphatic carbocycles. The van der Waals surface area contributed by atoms with Gasteiger partial charge in [-0.2, -0.15) is 0 Å². The molecular formula is C7H9BrO2. The van der Waals surface area contributed by atoms with Gasteiger partial charge in [-0.3, -0.25) is 0 Å². The van der Waals surface area contributed by atoms with Crippen molar-refractivity contribution >= 4 is 15.9 Å². The maximum absolute atomic E-state index is 9.34. The molecule has 0 aromatic heterocycles. The molecule has 4 atom stereocenters. The molecule has 1 N–H and O–H groups in total. The molecule has 0 radical (unpaired) electrons. The predicted octanol–water partition coefficient (Wildman–Crippen LogP) is 0.838. The average Bonchev–Trinajstić information content (AvgIpc) is 2.61. The minimum absolute atomic E-state index is 0.0983. The van der Waals surface area contributed by atoms with Crippen LogP contribution >= 0.6 is 15.9 Å². The zero-order valence-corrected chi connectivity index (χ0v) is 7.21. The fraction of sp³-hybridized carbons (Fsp3) is 0.714. The quantitative estimate of drug-likeness (QED) is 0.361. The number of alkyl halides is 1. The fourth-order valence-electron chi connectivity index (χ4n) is 1.38. The number of rotatable bonds is 0. The van der Waals surface area contributed by atoms with Gasteiger partial charge in [0.05, 0.1) is 10.9 Å². The number of hydrogen-bond acceptors (Lipinski definition) is 2. The molecule has 0 bridgehead atoms. The van der Waals surface area contributed by atoms with Crippen molar-refractivity contribution < 1.29 is 9.84 Å². The summed E-state index contributed by atoms with van der Waals surface area (Å²) in [7, 11) is 0.